The van der Waals surface area contributed by atoms with Crippen LogP contribution in [0.3, 0.4) is 0 Å². The van der Waals surface area contributed by atoms with Crippen molar-refractivity contribution in [1.82, 2.24) is 9.88 Å². The fourth-order valence-electron chi connectivity index (χ4n) is 2.91. The van der Waals surface area contributed by atoms with Crippen LogP contribution in [0.4, 0.5) is 0 Å². The first-order chi connectivity index (χ1) is 10.5. The second kappa shape index (κ2) is 7.53. The van der Waals surface area contributed by atoms with Crippen molar-refractivity contribution < 1.29 is 4.74 Å². The van der Waals surface area contributed by atoms with E-state index in [1.165, 1.54) is 27.7 Å². The van der Waals surface area contributed by atoms with E-state index in [-0.39, 0.29) is 30.1 Å². The molecule has 0 amide bonds. The Labute approximate surface area is 154 Å². The van der Waals surface area contributed by atoms with E-state index in [4.69, 9.17) is 10.5 Å². The summed E-state index contributed by atoms with van der Waals surface area (Å²) < 4.78 is 5.53. The summed E-state index contributed by atoms with van der Waals surface area (Å²) in [6.45, 7) is 9.25. The highest BCUT2D eigenvalue weighted by Gasteiger charge is 2.17. The number of aromatic nitrogens is 1. The van der Waals surface area contributed by atoms with Crippen molar-refractivity contribution in [3.8, 4) is 0 Å². The van der Waals surface area contributed by atoms with Crippen LogP contribution in [-0.2, 0) is 11.3 Å². The van der Waals surface area contributed by atoms with Crippen LogP contribution in [0.2, 0.25) is 0 Å². The van der Waals surface area contributed by atoms with Crippen molar-refractivity contribution >= 4 is 40.8 Å². The molecule has 0 aliphatic carbocycles. The number of aromatic amines is 1. The number of rotatable bonds is 2. The summed E-state index contributed by atoms with van der Waals surface area (Å²) >= 11 is 0. The number of hydrogen-bond acceptors (Lipinski definition) is 2. The summed E-state index contributed by atoms with van der Waals surface area (Å²) in [6.07, 6.45) is 0.212. The molecule has 0 spiro atoms. The topological polar surface area (TPSA) is 66.6 Å². The number of morpholine rings is 1. The van der Waals surface area contributed by atoms with Crippen LogP contribution in [0.1, 0.15) is 23.7 Å². The number of hydrogen-bond donors (Lipinski definition) is 2. The van der Waals surface area contributed by atoms with Gasteiger partial charge in [-0.2, -0.15) is 0 Å². The Balaban J connectivity index is 0.00000192. The summed E-state index contributed by atoms with van der Waals surface area (Å²) in [6, 6.07) is 6.43. The Hall–Kier alpha value is -1.28. The molecule has 2 heterocycles. The molecule has 6 heteroatoms. The minimum absolute atomic E-state index is 0. The number of aliphatic imine (C=N–C) groups is 1. The number of aryl methyl sites for hydroxylation is 2. The fraction of sp³-hybridized carbons (Fsp3) is 0.471. The molecule has 1 aliphatic heterocycles. The molecule has 0 saturated carbocycles. The van der Waals surface area contributed by atoms with Gasteiger partial charge in [0.2, 0.25) is 0 Å². The van der Waals surface area contributed by atoms with Crippen molar-refractivity contribution in [1.29, 1.82) is 0 Å². The second-order valence-corrected chi connectivity index (χ2v) is 6.06. The lowest BCUT2D eigenvalue weighted by molar-refractivity contribution is 0.00529. The Kier molecular flexibility index (Phi) is 5.91. The third-order valence-electron chi connectivity index (χ3n) is 4.36. The van der Waals surface area contributed by atoms with Crippen LogP contribution < -0.4 is 5.73 Å². The lowest BCUT2D eigenvalue weighted by atomic mass is 10.1. The highest BCUT2D eigenvalue weighted by atomic mass is 127. The van der Waals surface area contributed by atoms with Crippen LogP contribution in [0.25, 0.3) is 10.9 Å². The van der Waals surface area contributed by atoms with Crippen molar-refractivity contribution in [2.75, 3.05) is 19.7 Å². The standard InChI is InChI=1S/C17H24N4O.HI/c1-11-10-21(6-7-22-11)17(18)19-9-14-4-5-16-15(8-14)12(2)13(3)20-16;/h4-5,8,11,20H,6-7,9-10H2,1-3H3,(H2,18,19);1H. The summed E-state index contributed by atoms with van der Waals surface area (Å²) in [5.41, 5.74) is 11.0. The molecule has 1 aromatic carbocycles. The molecule has 1 aliphatic rings. The number of fused-ring (bicyclic) bond motifs is 1. The van der Waals surface area contributed by atoms with Gasteiger partial charge in [-0.25, -0.2) is 4.99 Å². The van der Waals surface area contributed by atoms with E-state index in [0.29, 0.717) is 19.1 Å². The fourth-order valence-corrected chi connectivity index (χ4v) is 2.91. The van der Waals surface area contributed by atoms with Gasteiger partial charge in [0.1, 0.15) is 0 Å². The number of ether oxygens (including phenoxy) is 1. The number of halogens is 1. The summed E-state index contributed by atoms with van der Waals surface area (Å²) in [7, 11) is 0. The third-order valence-corrected chi connectivity index (χ3v) is 4.36. The predicted molar refractivity (Wildman–Crippen MR) is 106 cm³/mol. The van der Waals surface area contributed by atoms with E-state index in [0.717, 1.165) is 13.1 Å². The van der Waals surface area contributed by atoms with E-state index in [1.54, 1.807) is 0 Å². The van der Waals surface area contributed by atoms with Gasteiger partial charge < -0.3 is 20.4 Å². The molecule has 3 rings (SSSR count). The highest BCUT2D eigenvalue weighted by Crippen LogP contribution is 2.22. The first kappa shape index (κ1) is 18.1. The lowest BCUT2D eigenvalue weighted by Gasteiger charge is -2.31. The molecular formula is C17H25IN4O. The SMILES string of the molecule is Cc1[nH]c2ccc(CN=C(N)N3CCOC(C)C3)cc2c1C.I. The van der Waals surface area contributed by atoms with Crippen LogP contribution in [0.15, 0.2) is 23.2 Å². The van der Waals surface area contributed by atoms with Gasteiger partial charge in [-0.3, -0.25) is 0 Å². The molecule has 1 atom stereocenters. The number of guanidine groups is 1. The Morgan fingerprint density at radius 1 is 1.43 bits per heavy atom. The molecule has 23 heavy (non-hydrogen) atoms. The molecular weight excluding hydrogens is 403 g/mol. The zero-order valence-corrected chi connectivity index (χ0v) is 16.3. The molecule has 1 fully saturated rings. The monoisotopic (exact) mass is 428 g/mol. The molecule has 2 aromatic rings. The molecule has 0 bridgehead atoms. The van der Waals surface area contributed by atoms with Gasteiger partial charge in [-0.1, -0.05) is 6.07 Å². The number of benzene rings is 1. The smallest absolute Gasteiger partial charge is 0.191 e. The number of H-pyrrole nitrogens is 1. The maximum Gasteiger partial charge on any atom is 0.191 e. The van der Waals surface area contributed by atoms with Crippen LogP contribution >= 0.6 is 24.0 Å². The van der Waals surface area contributed by atoms with Gasteiger partial charge in [0.25, 0.3) is 0 Å². The van der Waals surface area contributed by atoms with E-state index >= 15 is 0 Å². The normalized spacial score (nSPS) is 19.0. The van der Waals surface area contributed by atoms with Gasteiger partial charge in [-0.05, 0) is 44.0 Å². The Morgan fingerprint density at radius 2 is 2.22 bits per heavy atom. The zero-order valence-electron chi connectivity index (χ0n) is 13.9. The molecule has 1 aromatic heterocycles. The van der Waals surface area contributed by atoms with Crippen LogP contribution in [0.5, 0.6) is 0 Å². The molecule has 3 N–H and O–H groups in total. The largest absolute Gasteiger partial charge is 0.375 e. The predicted octanol–water partition coefficient (Wildman–Crippen LogP) is 2.94. The van der Waals surface area contributed by atoms with Crippen molar-refractivity contribution in [2.45, 2.75) is 33.4 Å². The second-order valence-electron chi connectivity index (χ2n) is 6.06. The third kappa shape index (κ3) is 3.98. The minimum Gasteiger partial charge on any atom is -0.375 e. The van der Waals surface area contributed by atoms with Gasteiger partial charge in [0.15, 0.2) is 5.96 Å². The average Bonchev–Trinajstić information content (AvgIpc) is 2.80. The van der Waals surface area contributed by atoms with Crippen LogP contribution in [-0.4, -0.2) is 41.6 Å². The van der Waals surface area contributed by atoms with Gasteiger partial charge >= 0.3 is 0 Å². The van der Waals surface area contributed by atoms with E-state index in [2.05, 4.69) is 53.8 Å². The van der Waals surface area contributed by atoms with Gasteiger partial charge in [0, 0.05) is 29.7 Å². The molecule has 0 radical (unpaired) electrons. The van der Waals surface area contributed by atoms with Crippen molar-refractivity contribution in [2.24, 2.45) is 10.7 Å². The van der Waals surface area contributed by atoms with E-state index < -0.39 is 0 Å². The highest BCUT2D eigenvalue weighted by molar-refractivity contribution is 14.0. The van der Waals surface area contributed by atoms with E-state index in [9.17, 15) is 0 Å². The molecule has 126 valence electrons. The van der Waals surface area contributed by atoms with E-state index in [1.807, 2.05) is 0 Å². The Bertz CT molecular complexity index is 710. The Morgan fingerprint density at radius 3 is 2.96 bits per heavy atom. The summed E-state index contributed by atoms with van der Waals surface area (Å²) in [4.78, 5) is 10.0. The first-order valence-corrected chi connectivity index (χ1v) is 7.79. The van der Waals surface area contributed by atoms with Crippen molar-refractivity contribution in [3.05, 3.63) is 35.0 Å². The average molecular weight is 428 g/mol. The summed E-state index contributed by atoms with van der Waals surface area (Å²) in [5, 5.41) is 1.27. The maximum atomic E-state index is 6.12. The first-order valence-electron chi connectivity index (χ1n) is 7.79. The van der Waals surface area contributed by atoms with Crippen molar-refractivity contribution in [3.63, 3.8) is 0 Å². The minimum atomic E-state index is 0. The zero-order chi connectivity index (χ0) is 15.7. The van der Waals surface area contributed by atoms with Gasteiger partial charge in [0.05, 0.1) is 19.3 Å². The molecule has 1 saturated heterocycles. The maximum absolute atomic E-state index is 6.12. The number of nitrogens with two attached hydrogens (primary N) is 1. The molecule has 5 nitrogen and oxygen atoms in total. The number of nitrogens with one attached hydrogen (secondary N) is 1. The quantitative estimate of drug-likeness (QED) is 0.439. The van der Waals surface area contributed by atoms with Crippen LogP contribution in [0, 0.1) is 13.8 Å². The molecule has 1 unspecified atom stereocenters. The van der Waals surface area contributed by atoms with Gasteiger partial charge in [-0.15, -0.1) is 24.0 Å². The number of nitrogens with zero attached hydrogens (tertiary/aromatic N) is 2. The summed E-state index contributed by atoms with van der Waals surface area (Å²) in [5.74, 6) is 0.609. The lowest BCUT2D eigenvalue weighted by Crippen LogP contribution is -2.47.